The van der Waals surface area contributed by atoms with Gasteiger partial charge in [0, 0.05) is 17.8 Å². The molecule has 0 heterocycles. The molecule has 0 saturated heterocycles. The van der Waals surface area contributed by atoms with Crippen LogP contribution in [0.15, 0.2) is 59.5 Å². The Kier molecular flexibility index (Phi) is 7.15. The van der Waals surface area contributed by atoms with Crippen LogP contribution >= 0.6 is 0 Å². The van der Waals surface area contributed by atoms with Gasteiger partial charge in [-0.15, -0.1) is 0 Å². The fourth-order valence-corrected chi connectivity index (χ4v) is 3.54. The Labute approximate surface area is 160 Å². The summed E-state index contributed by atoms with van der Waals surface area (Å²) in [5.41, 5.74) is 1.38. The van der Waals surface area contributed by atoms with Crippen LogP contribution in [-0.4, -0.2) is 27.0 Å². The highest BCUT2D eigenvalue weighted by atomic mass is 32.2. The van der Waals surface area contributed by atoms with Crippen molar-refractivity contribution >= 4 is 27.7 Å². The van der Waals surface area contributed by atoms with Gasteiger partial charge in [-0.1, -0.05) is 12.1 Å². The van der Waals surface area contributed by atoms with E-state index in [1.807, 2.05) is 31.2 Å². The summed E-state index contributed by atoms with van der Waals surface area (Å²) in [6.45, 7) is 6.03. The molecule has 144 valence electrons. The molecule has 1 amide bonds. The highest BCUT2D eigenvalue weighted by molar-refractivity contribution is 7.89. The highest BCUT2D eigenvalue weighted by Gasteiger charge is 2.14. The molecule has 7 heteroatoms. The lowest BCUT2D eigenvalue weighted by molar-refractivity contribution is -0.111. The Morgan fingerprint density at radius 3 is 2.26 bits per heavy atom. The molecule has 0 aliphatic heterocycles. The number of amides is 1. The molecule has 0 fully saturated rings. The number of ether oxygens (including phenoxy) is 1. The van der Waals surface area contributed by atoms with Gasteiger partial charge in [-0.05, 0) is 68.8 Å². The minimum atomic E-state index is -3.55. The van der Waals surface area contributed by atoms with Gasteiger partial charge in [-0.2, -0.15) is 0 Å². The molecule has 2 N–H and O–H groups in total. The van der Waals surface area contributed by atoms with E-state index in [0.717, 1.165) is 11.3 Å². The van der Waals surface area contributed by atoms with Gasteiger partial charge in [0.2, 0.25) is 15.9 Å². The van der Waals surface area contributed by atoms with Gasteiger partial charge in [-0.3, -0.25) is 4.79 Å². The number of sulfonamides is 1. The summed E-state index contributed by atoms with van der Waals surface area (Å²) in [5.74, 6) is 0.473. The third-order valence-electron chi connectivity index (χ3n) is 3.44. The lowest BCUT2D eigenvalue weighted by Gasteiger charge is -2.10. The van der Waals surface area contributed by atoms with Crippen molar-refractivity contribution in [2.45, 2.75) is 31.7 Å². The number of hydrogen-bond acceptors (Lipinski definition) is 4. The van der Waals surface area contributed by atoms with E-state index in [4.69, 9.17) is 4.74 Å². The predicted molar refractivity (Wildman–Crippen MR) is 107 cm³/mol. The van der Waals surface area contributed by atoms with E-state index in [1.54, 1.807) is 32.1 Å². The molecule has 2 aromatic rings. The molecule has 27 heavy (non-hydrogen) atoms. The Balaban J connectivity index is 1.97. The minimum absolute atomic E-state index is 0.152. The first-order valence-electron chi connectivity index (χ1n) is 8.64. The van der Waals surface area contributed by atoms with Crippen molar-refractivity contribution in [1.82, 2.24) is 4.72 Å². The maximum atomic E-state index is 12.1. The average molecular weight is 388 g/mol. The van der Waals surface area contributed by atoms with E-state index in [-0.39, 0.29) is 16.8 Å². The predicted octanol–water partition coefficient (Wildman–Crippen LogP) is 3.42. The average Bonchev–Trinajstić information content (AvgIpc) is 2.61. The Morgan fingerprint density at radius 2 is 1.70 bits per heavy atom. The van der Waals surface area contributed by atoms with Gasteiger partial charge in [0.15, 0.2) is 0 Å². The molecule has 0 aliphatic rings. The molecular weight excluding hydrogens is 364 g/mol. The first-order valence-corrected chi connectivity index (χ1v) is 10.1. The second kappa shape index (κ2) is 9.34. The second-order valence-electron chi connectivity index (χ2n) is 6.12. The summed E-state index contributed by atoms with van der Waals surface area (Å²) >= 11 is 0. The van der Waals surface area contributed by atoms with Crippen LogP contribution in [-0.2, 0) is 14.8 Å². The Hall–Kier alpha value is -2.64. The fourth-order valence-electron chi connectivity index (χ4n) is 2.29. The van der Waals surface area contributed by atoms with Gasteiger partial charge in [0.05, 0.1) is 11.5 Å². The standard InChI is InChI=1S/C20H24N2O4S/c1-4-26-18-10-5-16(6-11-18)7-14-20(23)21-17-8-12-19(13-9-17)27(24,25)22-15(2)3/h5-15,22H,4H2,1-3H3,(H,21,23)/b14-7+. The topological polar surface area (TPSA) is 84.5 Å². The summed E-state index contributed by atoms with van der Waals surface area (Å²) in [5, 5.41) is 2.70. The van der Waals surface area contributed by atoms with Gasteiger partial charge in [0.1, 0.15) is 5.75 Å². The third-order valence-corrected chi connectivity index (χ3v) is 5.12. The van der Waals surface area contributed by atoms with Crippen molar-refractivity contribution in [2.75, 3.05) is 11.9 Å². The van der Waals surface area contributed by atoms with E-state index in [9.17, 15) is 13.2 Å². The van der Waals surface area contributed by atoms with E-state index in [2.05, 4.69) is 10.0 Å². The number of hydrogen-bond donors (Lipinski definition) is 2. The number of rotatable bonds is 8. The summed E-state index contributed by atoms with van der Waals surface area (Å²) in [4.78, 5) is 12.2. The molecule has 6 nitrogen and oxygen atoms in total. The normalized spacial score (nSPS) is 11.7. The second-order valence-corrected chi connectivity index (χ2v) is 7.84. The first-order chi connectivity index (χ1) is 12.8. The number of carbonyl (C=O) groups is 1. The van der Waals surface area contributed by atoms with E-state index < -0.39 is 10.0 Å². The lowest BCUT2D eigenvalue weighted by atomic mass is 10.2. The molecule has 0 aromatic heterocycles. The number of nitrogens with one attached hydrogen (secondary N) is 2. The Morgan fingerprint density at radius 1 is 1.07 bits per heavy atom. The van der Waals surface area contributed by atoms with Crippen LogP contribution in [0, 0.1) is 0 Å². The van der Waals surface area contributed by atoms with Gasteiger partial charge in [-0.25, -0.2) is 13.1 Å². The Bertz CT molecular complexity index is 887. The van der Waals surface area contributed by atoms with Crippen molar-refractivity contribution in [3.8, 4) is 5.75 Å². The van der Waals surface area contributed by atoms with Crippen molar-refractivity contribution in [2.24, 2.45) is 0 Å². The van der Waals surface area contributed by atoms with E-state index >= 15 is 0 Å². The minimum Gasteiger partial charge on any atom is -0.494 e. The SMILES string of the molecule is CCOc1ccc(/C=C/C(=O)Nc2ccc(S(=O)(=O)NC(C)C)cc2)cc1. The molecule has 0 radical (unpaired) electrons. The van der Waals surface area contributed by atoms with Crippen LogP contribution in [0.2, 0.25) is 0 Å². The zero-order chi connectivity index (χ0) is 19.9. The van der Waals surface area contributed by atoms with Crippen molar-refractivity contribution < 1.29 is 17.9 Å². The van der Waals surface area contributed by atoms with Gasteiger partial charge < -0.3 is 10.1 Å². The molecule has 0 spiro atoms. The van der Waals surface area contributed by atoms with Crippen LogP contribution in [0.3, 0.4) is 0 Å². The highest BCUT2D eigenvalue weighted by Crippen LogP contribution is 2.15. The largest absolute Gasteiger partial charge is 0.494 e. The molecule has 0 bridgehead atoms. The summed E-state index contributed by atoms with van der Waals surface area (Å²) in [6.07, 6.45) is 3.11. The first kappa shape index (κ1) is 20.7. The monoisotopic (exact) mass is 388 g/mol. The lowest BCUT2D eigenvalue weighted by Crippen LogP contribution is -2.30. The fraction of sp³-hybridized carbons (Fsp3) is 0.250. The van der Waals surface area contributed by atoms with Crippen LogP contribution in [0.25, 0.3) is 6.08 Å². The zero-order valence-electron chi connectivity index (χ0n) is 15.6. The van der Waals surface area contributed by atoms with Crippen LogP contribution in [0.1, 0.15) is 26.3 Å². The van der Waals surface area contributed by atoms with E-state index in [1.165, 1.54) is 18.2 Å². The van der Waals surface area contributed by atoms with Gasteiger partial charge >= 0.3 is 0 Å². The van der Waals surface area contributed by atoms with Crippen molar-refractivity contribution in [3.63, 3.8) is 0 Å². The molecule has 0 aliphatic carbocycles. The van der Waals surface area contributed by atoms with Crippen molar-refractivity contribution in [3.05, 3.63) is 60.2 Å². The molecule has 2 aromatic carbocycles. The summed E-state index contributed by atoms with van der Waals surface area (Å²) in [6, 6.07) is 13.2. The molecular formula is C20H24N2O4S. The molecule has 0 unspecified atom stereocenters. The third kappa shape index (κ3) is 6.54. The van der Waals surface area contributed by atoms with E-state index in [0.29, 0.717) is 12.3 Å². The molecule has 0 atom stereocenters. The summed E-state index contributed by atoms with van der Waals surface area (Å²) < 4.78 is 32.0. The maximum absolute atomic E-state index is 12.1. The summed E-state index contributed by atoms with van der Waals surface area (Å²) in [7, 11) is -3.55. The molecule has 2 rings (SSSR count). The van der Waals surface area contributed by atoms with Gasteiger partial charge in [0.25, 0.3) is 0 Å². The number of benzene rings is 2. The maximum Gasteiger partial charge on any atom is 0.248 e. The van der Waals surface area contributed by atoms with Crippen LogP contribution in [0.5, 0.6) is 5.75 Å². The molecule has 0 saturated carbocycles. The number of carbonyl (C=O) groups excluding carboxylic acids is 1. The van der Waals surface area contributed by atoms with Crippen molar-refractivity contribution in [1.29, 1.82) is 0 Å². The quantitative estimate of drug-likeness (QED) is 0.679. The smallest absolute Gasteiger partial charge is 0.248 e. The zero-order valence-corrected chi connectivity index (χ0v) is 16.4. The van der Waals surface area contributed by atoms with Crippen LogP contribution in [0.4, 0.5) is 5.69 Å². The number of anilines is 1. The van der Waals surface area contributed by atoms with Crippen LogP contribution < -0.4 is 14.8 Å².